The highest BCUT2D eigenvalue weighted by Gasteiger charge is 2.21. The second kappa shape index (κ2) is 6.24. The molecule has 2 N–H and O–H groups in total. The number of likely N-dealkylation sites (N-methyl/N-ethyl adjacent to an activating group) is 1. The van der Waals surface area contributed by atoms with Gasteiger partial charge in [0.15, 0.2) is 0 Å². The first-order valence-corrected chi connectivity index (χ1v) is 5.82. The second-order valence-electron chi connectivity index (χ2n) is 3.89. The van der Waals surface area contributed by atoms with E-state index in [4.69, 9.17) is 11.6 Å². The number of halogens is 2. The van der Waals surface area contributed by atoms with Crippen LogP contribution in [0.3, 0.4) is 0 Å². The van der Waals surface area contributed by atoms with Crippen LogP contribution in [0, 0.1) is 6.92 Å². The van der Waals surface area contributed by atoms with Crippen LogP contribution in [0.2, 0.25) is 5.02 Å². The third-order valence-electron chi connectivity index (χ3n) is 2.79. The van der Waals surface area contributed by atoms with Crippen LogP contribution in [0.5, 0.6) is 0 Å². The van der Waals surface area contributed by atoms with Gasteiger partial charge in [-0.1, -0.05) is 29.8 Å². The first-order chi connectivity index (χ1) is 7.74. The molecule has 1 atom stereocenters. The maximum atomic E-state index is 6.32. The van der Waals surface area contributed by atoms with Crippen molar-refractivity contribution in [3.8, 4) is 0 Å². The number of amidine groups is 1. The average molecular weight is 274 g/mol. The first kappa shape index (κ1) is 14.3. The van der Waals surface area contributed by atoms with Crippen molar-refractivity contribution in [2.45, 2.75) is 13.0 Å². The van der Waals surface area contributed by atoms with E-state index in [0.717, 1.165) is 35.1 Å². The molecule has 1 heterocycles. The van der Waals surface area contributed by atoms with Crippen molar-refractivity contribution in [1.82, 2.24) is 10.6 Å². The Kier molecular flexibility index (Phi) is 5.25. The number of hydrogen-bond donors (Lipinski definition) is 2. The smallest absolute Gasteiger partial charge is 0.118 e. The predicted molar refractivity (Wildman–Crippen MR) is 75.5 cm³/mol. The van der Waals surface area contributed by atoms with Crippen molar-refractivity contribution < 1.29 is 0 Å². The van der Waals surface area contributed by atoms with E-state index in [0.29, 0.717) is 0 Å². The molecule has 1 aromatic rings. The fourth-order valence-electron chi connectivity index (χ4n) is 1.94. The van der Waals surface area contributed by atoms with Crippen molar-refractivity contribution >= 4 is 29.8 Å². The van der Waals surface area contributed by atoms with Gasteiger partial charge in [0.25, 0.3) is 0 Å². The monoisotopic (exact) mass is 273 g/mol. The number of benzene rings is 1. The number of rotatable bonds is 3. The molecule has 17 heavy (non-hydrogen) atoms. The molecule has 1 aromatic carbocycles. The lowest BCUT2D eigenvalue weighted by Crippen LogP contribution is -2.33. The molecule has 2 rings (SSSR count). The van der Waals surface area contributed by atoms with E-state index in [-0.39, 0.29) is 18.4 Å². The largest absolute Gasteiger partial charge is 0.370 e. The molecule has 0 amide bonds. The van der Waals surface area contributed by atoms with Gasteiger partial charge in [-0.2, -0.15) is 0 Å². The molecule has 94 valence electrons. The summed E-state index contributed by atoms with van der Waals surface area (Å²) in [6.45, 7) is 3.77. The third-order valence-corrected chi connectivity index (χ3v) is 3.31. The maximum absolute atomic E-state index is 6.32. The second-order valence-corrected chi connectivity index (χ2v) is 4.27. The summed E-state index contributed by atoms with van der Waals surface area (Å²) in [6.07, 6.45) is 0. The maximum Gasteiger partial charge on any atom is 0.118 e. The van der Waals surface area contributed by atoms with Gasteiger partial charge in [0.2, 0.25) is 0 Å². The molecule has 0 aromatic heterocycles. The minimum absolute atomic E-state index is 0. The zero-order valence-corrected chi connectivity index (χ0v) is 11.5. The molecule has 0 fully saturated rings. The van der Waals surface area contributed by atoms with Crippen molar-refractivity contribution in [2.24, 2.45) is 4.99 Å². The molecule has 3 nitrogen and oxygen atoms in total. The summed E-state index contributed by atoms with van der Waals surface area (Å²) in [5.74, 6) is 0.981. The lowest BCUT2D eigenvalue weighted by atomic mass is 10.0. The van der Waals surface area contributed by atoms with E-state index in [1.807, 2.05) is 32.2 Å². The van der Waals surface area contributed by atoms with Gasteiger partial charge < -0.3 is 10.6 Å². The predicted octanol–water partition coefficient (Wildman–Crippen LogP) is 2.33. The summed E-state index contributed by atoms with van der Waals surface area (Å²) < 4.78 is 0. The Morgan fingerprint density at radius 1 is 1.47 bits per heavy atom. The van der Waals surface area contributed by atoms with Crippen LogP contribution in [0.4, 0.5) is 0 Å². The molecule has 0 aliphatic carbocycles. The minimum Gasteiger partial charge on any atom is -0.370 e. The summed E-state index contributed by atoms with van der Waals surface area (Å²) >= 11 is 6.32. The molecule has 1 unspecified atom stereocenters. The zero-order chi connectivity index (χ0) is 11.5. The van der Waals surface area contributed by atoms with E-state index >= 15 is 0 Å². The number of nitrogens with one attached hydrogen (secondary N) is 2. The summed E-state index contributed by atoms with van der Waals surface area (Å²) in [7, 11) is 1.92. The number of nitrogens with zero attached hydrogens (tertiary/aromatic N) is 1. The summed E-state index contributed by atoms with van der Waals surface area (Å²) in [5, 5.41) is 7.35. The Morgan fingerprint density at radius 2 is 2.24 bits per heavy atom. The Labute approximate surface area is 113 Å². The highest BCUT2D eigenvalue weighted by atomic mass is 35.5. The highest BCUT2D eigenvalue weighted by molar-refractivity contribution is 6.32. The van der Waals surface area contributed by atoms with Crippen LogP contribution >= 0.6 is 24.0 Å². The Morgan fingerprint density at radius 3 is 2.82 bits per heavy atom. The molecule has 0 bridgehead atoms. The summed E-state index contributed by atoms with van der Waals surface area (Å²) in [5.41, 5.74) is 2.18. The van der Waals surface area contributed by atoms with E-state index in [1.165, 1.54) is 0 Å². The van der Waals surface area contributed by atoms with Gasteiger partial charge in [0.1, 0.15) is 5.84 Å². The van der Waals surface area contributed by atoms with Gasteiger partial charge in [0, 0.05) is 11.6 Å². The fourth-order valence-corrected chi connectivity index (χ4v) is 2.18. The number of hydrogen-bond acceptors (Lipinski definition) is 3. The van der Waals surface area contributed by atoms with Crippen LogP contribution in [-0.2, 0) is 0 Å². The molecule has 0 radical (unpaired) electrons. The topological polar surface area (TPSA) is 36.4 Å². The van der Waals surface area contributed by atoms with Crippen LogP contribution in [0.1, 0.15) is 17.2 Å². The van der Waals surface area contributed by atoms with E-state index < -0.39 is 0 Å². The summed E-state index contributed by atoms with van der Waals surface area (Å²) in [6, 6.07) is 6.15. The molecule has 0 spiro atoms. The lowest BCUT2D eigenvalue weighted by molar-refractivity contribution is 0.730. The highest BCUT2D eigenvalue weighted by Crippen LogP contribution is 2.26. The van der Waals surface area contributed by atoms with Gasteiger partial charge in [0.05, 0.1) is 12.6 Å². The van der Waals surface area contributed by atoms with Crippen LogP contribution in [0.15, 0.2) is 23.2 Å². The van der Waals surface area contributed by atoms with Gasteiger partial charge in [-0.05, 0) is 25.1 Å². The molecular formula is C12H17Cl2N3. The standard InChI is InChI=1S/C12H16ClN3.ClH/c1-8-4-3-5-9(10(8)13)11(14-2)12-15-6-7-16-12;/h3-5,11,14H,6-7H2,1-2H3,(H,15,16);1H. The quantitative estimate of drug-likeness (QED) is 0.887. The van der Waals surface area contributed by atoms with Gasteiger partial charge >= 0.3 is 0 Å². The van der Waals surface area contributed by atoms with Crippen LogP contribution in [0.25, 0.3) is 0 Å². The Balaban J connectivity index is 0.00000144. The molecule has 0 saturated heterocycles. The number of aryl methyl sites for hydroxylation is 1. The molecule has 0 saturated carbocycles. The van der Waals surface area contributed by atoms with E-state index in [9.17, 15) is 0 Å². The zero-order valence-electron chi connectivity index (χ0n) is 9.96. The number of aliphatic imine (C=N–C) groups is 1. The van der Waals surface area contributed by atoms with Crippen molar-refractivity contribution in [2.75, 3.05) is 20.1 Å². The molecule has 1 aliphatic rings. The first-order valence-electron chi connectivity index (χ1n) is 5.44. The van der Waals surface area contributed by atoms with Crippen molar-refractivity contribution in [3.05, 3.63) is 34.3 Å². The van der Waals surface area contributed by atoms with Crippen LogP contribution in [-0.4, -0.2) is 26.0 Å². The Hall–Kier alpha value is -0.770. The average Bonchev–Trinajstić information content (AvgIpc) is 2.79. The molecule has 1 aliphatic heterocycles. The molecule has 5 heteroatoms. The van der Waals surface area contributed by atoms with Crippen LogP contribution < -0.4 is 10.6 Å². The normalized spacial score (nSPS) is 15.8. The van der Waals surface area contributed by atoms with Gasteiger partial charge in [-0.25, -0.2) is 0 Å². The molecular weight excluding hydrogens is 257 g/mol. The lowest BCUT2D eigenvalue weighted by Gasteiger charge is -2.19. The van der Waals surface area contributed by atoms with E-state index in [1.54, 1.807) is 0 Å². The van der Waals surface area contributed by atoms with E-state index in [2.05, 4.69) is 15.6 Å². The minimum atomic E-state index is 0. The van der Waals surface area contributed by atoms with Crippen molar-refractivity contribution in [3.63, 3.8) is 0 Å². The fraction of sp³-hybridized carbons (Fsp3) is 0.417. The van der Waals surface area contributed by atoms with Gasteiger partial charge in [-0.3, -0.25) is 4.99 Å². The Bertz CT molecular complexity index is 418. The van der Waals surface area contributed by atoms with Gasteiger partial charge in [-0.15, -0.1) is 12.4 Å². The summed E-state index contributed by atoms with van der Waals surface area (Å²) in [4.78, 5) is 4.44. The van der Waals surface area contributed by atoms with Crippen molar-refractivity contribution in [1.29, 1.82) is 0 Å². The SMILES string of the molecule is CNC(C1=NCCN1)c1cccc(C)c1Cl.Cl. The third kappa shape index (κ3) is 2.92.